The van der Waals surface area contributed by atoms with Crippen molar-refractivity contribution in [2.75, 3.05) is 7.11 Å². The molecule has 0 radical (unpaired) electrons. The number of benzene rings is 1. The van der Waals surface area contributed by atoms with E-state index in [4.69, 9.17) is 25.5 Å². The van der Waals surface area contributed by atoms with Crippen molar-refractivity contribution in [3.05, 3.63) is 52.9 Å². The summed E-state index contributed by atoms with van der Waals surface area (Å²) in [4.78, 5) is 24.1. The van der Waals surface area contributed by atoms with Crippen LogP contribution < -0.4 is 10.1 Å². The van der Waals surface area contributed by atoms with Crippen LogP contribution in [0.2, 0.25) is 5.02 Å². The highest BCUT2D eigenvalue weighted by atomic mass is 35.5. The Bertz CT molecular complexity index is 684. The minimum absolute atomic E-state index is 0.158. The van der Waals surface area contributed by atoms with Crippen molar-refractivity contribution in [2.45, 2.75) is 19.6 Å². The number of nitrogens with one attached hydrogen (secondary N) is 1. The summed E-state index contributed by atoms with van der Waals surface area (Å²) in [6.07, 6.45) is 0.539. The van der Waals surface area contributed by atoms with E-state index in [-0.39, 0.29) is 12.1 Å². The van der Waals surface area contributed by atoms with Crippen LogP contribution in [-0.4, -0.2) is 25.1 Å². The van der Waals surface area contributed by atoms with Gasteiger partial charge in [-0.25, -0.2) is 4.79 Å². The first-order chi connectivity index (χ1) is 11.0. The Labute approximate surface area is 138 Å². The van der Waals surface area contributed by atoms with Crippen LogP contribution in [0, 0.1) is 0 Å². The van der Waals surface area contributed by atoms with Gasteiger partial charge in [-0.2, -0.15) is 0 Å². The summed E-state index contributed by atoms with van der Waals surface area (Å²) in [7, 11) is 1.43. The second-order valence-electron chi connectivity index (χ2n) is 4.69. The van der Waals surface area contributed by atoms with Crippen molar-refractivity contribution in [1.29, 1.82) is 0 Å². The fourth-order valence-electron chi connectivity index (χ4n) is 1.85. The van der Waals surface area contributed by atoms with Gasteiger partial charge in [0.05, 0.1) is 19.9 Å². The van der Waals surface area contributed by atoms with E-state index in [1.165, 1.54) is 26.4 Å². The molecule has 1 N–H and O–H groups in total. The minimum Gasteiger partial charge on any atom is -0.496 e. The number of rotatable bonds is 6. The van der Waals surface area contributed by atoms with Gasteiger partial charge in [0.2, 0.25) is 0 Å². The fraction of sp³-hybridized carbons (Fsp3) is 0.250. The van der Waals surface area contributed by atoms with E-state index in [2.05, 4.69) is 5.32 Å². The Morgan fingerprint density at radius 1 is 1.35 bits per heavy atom. The van der Waals surface area contributed by atoms with Gasteiger partial charge >= 0.3 is 5.97 Å². The van der Waals surface area contributed by atoms with E-state index in [0.29, 0.717) is 16.5 Å². The molecular weight excluding hydrogens is 322 g/mol. The van der Waals surface area contributed by atoms with Crippen LogP contribution in [0.4, 0.5) is 0 Å². The predicted octanol–water partition coefficient (Wildman–Crippen LogP) is 2.80. The van der Waals surface area contributed by atoms with Gasteiger partial charge in [0, 0.05) is 5.02 Å². The second kappa shape index (κ2) is 7.69. The molecule has 0 saturated heterocycles. The van der Waals surface area contributed by atoms with Crippen molar-refractivity contribution >= 4 is 23.5 Å². The lowest BCUT2D eigenvalue weighted by atomic mass is 10.2. The molecule has 2 aromatic rings. The Morgan fingerprint density at radius 3 is 2.78 bits per heavy atom. The first-order valence-corrected chi connectivity index (χ1v) is 7.23. The maximum Gasteiger partial charge on any atom is 0.342 e. The molecule has 0 aliphatic heterocycles. The van der Waals surface area contributed by atoms with Crippen molar-refractivity contribution < 1.29 is 23.5 Å². The molecular formula is C16H16ClNO5. The zero-order chi connectivity index (χ0) is 16.8. The number of carbonyl (C=O) groups excluding carboxylic acids is 2. The van der Waals surface area contributed by atoms with Gasteiger partial charge in [0.15, 0.2) is 6.10 Å². The molecule has 2 rings (SSSR count). The normalized spacial score (nSPS) is 11.6. The third-order valence-electron chi connectivity index (χ3n) is 3.05. The Balaban J connectivity index is 1.96. The standard InChI is InChI=1S/C16H16ClNO5/c1-10(15(19)18-9-12-4-3-7-22-12)23-16(20)13-8-11(17)5-6-14(13)21-2/h3-8,10H,9H2,1-2H3,(H,18,19)/t10-/m1/s1. The van der Waals surface area contributed by atoms with Gasteiger partial charge in [-0.05, 0) is 37.3 Å². The van der Waals surface area contributed by atoms with Crippen LogP contribution in [0.25, 0.3) is 0 Å². The van der Waals surface area contributed by atoms with Gasteiger partial charge in [-0.3, -0.25) is 4.79 Å². The zero-order valence-electron chi connectivity index (χ0n) is 12.7. The van der Waals surface area contributed by atoms with Gasteiger partial charge < -0.3 is 19.2 Å². The molecule has 1 aromatic heterocycles. The lowest BCUT2D eigenvalue weighted by molar-refractivity contribution is -0.129. The lowest BCUT2D eigenvalue weighted by Gasteiger charge is -2.14. The molecule has 1 atom stereocenters. The molecule has 0 spiro atoms. The number of hydrogen-bond acceptors (Lipinski definition) is 5. The van der Waals surface area contributed by atoms with E-state index >= 15 is 0 Å². The maximum absolute atomic E-state index is 12.2. The van der Waals surface area contributed by atoms with Crippen molar-refractivity contribution in [2.24, 2.45) is 0 Å². The molecule has 6 nitrogen and oxygen atoms in total. The third-order valence-corrected chi connectivity index (χ3v) is 3.29. The summed E-state index contributed by atoms with van der Waals surface area (Å²) < 4.78 is 15.3. The van der Waals surface area contributed by atoms with E-state index in [9.17, 15) is 9.59 Å². The molecule has 7 heteroatoms. The van der Waals surface area contributed by atoms with E-state index in [1.54, 1.807) is 24.3 Å². The average molecular weight is 338 g/mol. The first kappa shape index (κ1) is 16.9. The number of carbonyl (C=O) groups is 2. The number of hydrogen-bond donors (Lipinski definition) is 1. The minimum atomic E-state index is -0.971. The second-order valence-corrected chi connectivity index (χ2v) is 5.13. The molecule has 0 fully saturated rings. The summed E-state index contributed by atoms with van der Waals surface area (Å²) in [5.74, 6) is -0.197. The van der Waals surface area contributed by atoms with Crippen LogP contribution in [0.15, 0.2) is 41.0 Å². The fourth-order valence-corrected chi connectivity index (χ4v) is 2.02. The average Bonchev–Trinajstić information content (AvgIpc) is 3.05. The van der Waals surface area contributed by atoms with E-state index in [0.717, 1.165) is 0 Å². The smallest absolute Gasteiger partial charge is 0.342 e. The topological polar surface area (TPSA) is 77.8 Å². The Morgan fingerprint density at radius 2 is 2.13 bits per heavy atom. The van der Waals surface area contributed by atoms with Crippen LogP contribution >= 0.6 is 11.6 Å². The Hall–Kier alpha value is -2.47. The number of furan rings is 1. The number of amides is 1. The molecule has 122 valence electrons. The summed E-state index contributed by atoms with van der Waals surface area (Å²) in [5, 5.41) is 2.98. The summed E-state index contributed by atoms with van der Waals surface area (Å²) in [6, 6.07) is 8.03. The SMILES string of the molecule is COc1ccc(Cl)cc1C(=O)O[C@H](C)C(=O)NCc1ccco1. The van der Waals surface area contributed by atoms with Crippen LogP contribution in [0.5, 0.6) is 5.75 Å². The molecule has 0 unspecified atom stereocenters. The molecule has 0 bridgehead atoms. The van der Waals surface area contributed by atoms with Crippen LogP contribution in [0.1, 0.15) is 23.0 Å². The highest BCUT2D eigenvalue weighted by molar-refractivity contribution is 6.31. The van der Waals surface area contributed by atoms with E-state index in [1.807, 2.05) is 0 Å². The van der Waals surface area contributed by atoms with Gasteiger partial charge in [0.1, 0.15) is 17.1 Å². The number of halogens is 1. The molecule has 1 heterocycles. The highest BCUT2D eigenvalue weighted by Crippen LogP contribution is 2.23. The number of methoxy groups -OCH3 is 1. The highest BCUT2D eigenvalue weighted by Gasteiger charge is 2.21. The quantitative estimate of drug-likeness (QED) is 0.820. The molecule has 0 saturated carbocycles. The molecule has 0 aliphatic carbocycles. The van der Waals surface area contributed by atoms with Gasteiger partial charge in [-0.15, -0.1) is 0 Å². The van der Waals surface area contributed by atoms with Gasteiger partial charge in [0.25, 0.3) is 5.91 Å². The van der Waals surface area contributed by atoms with Crippen LogP contribution in [0.3, 0.4) is 0 Å². The number of esters is 1. The molecule has 1 aromatic carbocycles. The summed E-state index contributed by atoms with van der Waals surface area (Å²) in [6.45, 7) is 1.70. The molecule has 0 aliphatic rings. The predicted molar refractivity (Wildman–Crippen MR) is 83.4 cm³/mol. The largest absolute Gasteiger partial charge is 0.496 e. The monoisotopic (exact) mass is 337 g/mol. The maximum atomic E-state index is 12.2. The molecule has 23 heavy (non-hydrogen) atoms. The Kier molecular flexibility index (Phi) is 5.65. The zero-order valence-corrected chi connectivity index (χ0v) is 13.4. The third kappa shape index (κ3) is 4.50. The molecule has 1 amide bonds. The number of ether oxygens (including phenoxy) is 2. The van der Waals surface area contributed by atoms with E-state index < -0.39 is 18.0 Å². The van der Waals surface area contributed by atoms with Crippen LogP contribution in [-0.2, 0) is 16.1 Å². The van der Waals surface area contributed by atoms with Gasteiger partial charge in [-0.1, -0.05) is 11.6 Å². The summed E-state index contributed by atoms with van der Waals surface area (Å²) in [5.41, 5.74) is 0.158. The summed E-state index contributed by atoms with van der Waals surface area (Å²) >= 11 is 5.87. The lowest BCUT2D eigenvalue weighted by Crippen LogP contribution is -2.35. The first-order valence-electron chi connectivity index (χ1n) is 6.86. The van der Waals surface area contributed by atoms with Crippen molar-refractivity contribution in [3.8, 4) is 5.75 Å². The van der Waals surface area contributed by atoms with Crippen molar-refractivity contribution in [3.63, 3.8) is 0 Å². The van der Waals surface area contributed by atoms with Crippen molar-refractivity contribution in [1.82, 2.24) is 5.32 Å².